The van der Waals surface area contributed by atoms with Crippen LogP contribution >= 0.6 is 11.8 Å². The first kappa shape index (κ1) is 29.5. The van der Waals surface area contributed by atoms with Crippen LogP contribution in [-0.2, 0) is 17.5 Å². The van der Waals surface area contributed by atoms with Crippen molar-refractivity contribution in [3.63, 3.8) is 0 Å². The number of hydrogen-bond donors (Lipinski definition) is 2. The van der Waals surface area contributed by atoms with Gasteiger partial charge in [-0.15, -0.1) is 10.2 Å². The average Bonchev–Trinajstić information content (AvgIpc) is 3.36. The molecule has 3 aromatic carbocycles. The maximum Gasteiger partial charge on any atom is 0.416 e. The number of thioether (sulfide) groups is 1. The van der Waals surface area contributed by atoms with Crippen molar-refractivity contribution in [3.8, 4) is 17.2 Å². The van der Waals surface area contributed by atoms with Crippen molar-refractivity contribution in [3.05, 3.63) is 89.2 Å². The zero-order valence-corrected chi connectivity index (χ0v) is 23.1. The molecule has 0 saturated carbocycles. The van der Waals surface area contributed by atoms with Crippen LogP contribution < -0.4 is 20.1 Å². The standard InChI is InChI=1S/C28H26F3N5O4S/c1-17-6-4-8-20(10-17)33-25(37)16-41-27-35-34-24(36(27)21-9-5-7-19(13-21)28(29,30)31)15-32-26(38)18-11-22(39-2)14-23(12-18)40-3/h4-14H,15-16H2,1-3H3,(H,32,38)(H,33,37). The summed E-state index contributed by atoms with van der Waals surface area (Å²) in [6.45, 7) is 1.73. The van der Waals surface area contributed by atoms with E-state index >= 15 is 0 Å². The van der Waals surface area contributed by atoms with Gasteiger partial charge < -0.3 is 20.1 Å². The highest BCUT2D eigenvalue weighted by Crippen LogP contribution is 2.32. The van der Waals surface area contributed by atoms with Crippen LogP contribution in [0.15, 0.2) is 71.9 Å². The fourth-order valence-corrected chi connectivity index (χ4v) is 4.61. The van der Waals surface area contributed by atoms with Gasteiger partial charge >= 0.3 is 6.18 Å². The Balaban J connectivity index is 1.58. The third-order valence-corrected chi connectivity index (χ3v) is 6.72. The molecule has 1 heterocycles. The molecule has 0 unspecified atom stereocenters. The highest BCUT2D eigenvalue weighted by atomic mass is 32.2. The minimum atomic E-state index is -4.58. The molecule has 0 radical (unpaired) electrons. The summed E-state index contributed by atoms with van der Waals surface area (Å²) in [6, 6.07) is 16.6. The maximum atomic E-state index is 13.5. The van der Waals surface area contributed by atoms with Crippen LogP contribution in [0.3, 0.4) is 0 Å². The van der Waals surface area contributed by atoms with E-state index < -0.39 is 17.6 Å². The minimum Gasteiger partial charge on any atom is -0.497 e. The molecule has 0 aliphatic carbocycles. The Morgan fingerprint density at radius 3 is 2.32 bits per heavy atom. The summed E-state index contributed by atoms with van der Waals surface area (Å²) < 4.78 is 52.3. The second kappa shape index (κ2) is 12.8. The quantitative estimate of drug-likeness (QED) is 0.244. The number of aryl methyl sites for hydroxylation is 1. The van der Waals surface area contributed by atoms with E-state index in [9.17, 15) is 22.8 Å². The van der Waals surface area contributed by atoms with Crippen molar-refractivity contribution in [1.82, 2.24) is 20.1 Å². The molecule has 0 aliphatic rings. The van der Waals surface area contributed by atoms with Gasteiger partial charge in [-0.3, -0.25) is 14.2 Å². The van der Waals surface area contributed by atoms with E-state index in [2.05, 4.69) is 20.8 Å². The van der Waals surface area contributed by atoms with Gasteiger partial charge in [-0.25, -0.2) is 0 Å². The predicted molar refractivity (Wildman–Crippen MR) is 148 cm³/mol. The number of aromatic nitrogens is 3. The zero-order valence-electron chi connectivity index (χ0n) is 22.3. The number of hydrogen-bond acceptors (Lipinski definition) is 7. The monoisotopic (exact) mass is 585 g/mol. The largest absolute Gasteiger partial charge is 0.497 e. The molecule has 0 aliphatic heterocycles. The van der Waals surface area contributed by atoms with Crippen LogP contribution in [0.2, 0.25) is 0 Å². The zero-order chi connectivity index (χ0) is 29.6. The number of nitrogens with one attached hydrogen (secondary N) is 2. The van der Waals surface area contributed by atoms with E-state index in [1.54, 1.807) is 12.1 Å². The normalized spacial score (nSPS) is 11.2. The van der Waals surface area contributed by atoms with Gasteiger partial charge in [0.05, 0.1) is 37.8 Å². The molecule has 0 saturated heterocycles. The van der Waals surface area contributed by atoms with Crippen LogP contribution in [0.1, 0.15) is 27.3 Å². The van der Waals surface area contributed by atoms with Crippen LogP contribution in [0.25, 0.3) is 5.69 Å². The summed E-state index contributed by atoms with van der Waals surface area (Å²) in [4.78, 5) is 25.5. The molecule has 4 aromatic rings. The number of benzene rings is 3. The number of amides is 2. The van der Waals surface area contributed by atoms with Gasteiger partial charge in [0.1, 0.15) is 11.5 Å². The van der Waals surface area contributed by atoms with E-state index in [-0.39, 0.29) is 40.4 Å². The number of carbonyl (C=O) groups is 2. The van der Waals surface area contributed by atoms with Crippen molar-refractivity contribution < 1.29 is 32.2 Å². The molecular weight excluding hydrogens is 559 g/mol. The van der Waals surface area contributed by atoms with Gasteiger partial charge in [-0.05, 0) is 55.0 Å². The Bertz CT molecular complexity index is 1540. The molecule has 13 heteroatoms. The van der Waals surface area contributed by atoms with Gasteiger partial charge in [0.2, 0.25) is 5.91 Å². The molecule has 9 nitrogen and oxygen atoms in total. The minimum absolute atomic E-state index is 0.0823. The molecular formula is C28H26F3N5O4S. The average molecular weight is 586 g/mol. The number of ether oxygens (including phenoxy) is 2. The van der Waals surface area contributed by atoms with Crippen molar-refractivity contribution in [2.24, 2.45) is 0 Å². The van der Waals surface area contributed by atoms with Crippen molar-refractivity contribution in [1.29, 1.82) is 0 Å². The Hall–Kier alpha value is -4.52. The molecule has 41 heavy (non-hydrogen) atoms. The summed E-state index contributed by atoms with van der Waals surface area (Å²) in [5.41, 5.74) is 1.09. The van der Waals surface area contributed by atoms with Gasteiger partial charge in [-0.1, -0.05) is 30.0 Å². The van der Waals surface area contributed by atoms with Crippen molar-refractivity contribution >= 4 is 29.3 Å². The molecule has 0 spiro atoms. The highest BCUT2D eigenvalue weighted by molar-refractivity contribution is 7.99. The lowest BCUT2D eigenvalue weighted by atomic mass is 10.2. The van der Waals surface area contributed by atoms with Crippen LogP contribution in [0.5, 0.6) is 11.5 Å². The van der Waals surface area contributed by atoms with E-state index in [0.29, 0.717) is 17.2 Å². The molecule has 1 aromatic heterocycles. The molecule has 0 fully saturated rings. The second-order valence-electron chi connectivity index (χ2n) is 8.77. The topological polar surface area (TPSA) is 107 Å². The summed E-state index contributed by atoms with van der Waals surface area (Å²) >= 11 is 0.998. The van der Waals surface area contributed by atoms with E-state index in [4.69, 9.17) is 9.47 Å². The Labute approximate surface area is 238 Å². The van der Waals surface area contributed by atoms with E-state index in [1.807, 2.05) is 25.1 Å². The fourth-order valence-electron chi connectivity index (χ4n) is 3.84. The van der Waals surface area contributed by atoms with E-state index in [0.717, 1.165) is 29.5 Å². The summed E-state index contributed by atoms with van der Waals surface area (Å²) in [5.74, 6) is 0.0669. The van der Waals surface area contributed by atoms with Gasteiger partial charge in [0.25, 0.3) is 5.91 Å². The lowest BCUT2D eigenvalue weighted by Gasteiger charge is -2.14. The van der Waals surface area contributed by atoms with Gasteiger partial charge in [0, 0.05) is 17.3 Å². The number of anilines is 1. The molecule has 2 N–H and O–H groups in total. The number of alkyl halides is 3. The van der Waals surface area contributed by atoms with Crippen LogP contribution in [0.4, 0.5) is 18.9 Å². The highest BCUT2D eigenvalue weighted by Gasteiger charge is 2.31. The smallest absolute Gasteiger partial charge is 0.416 e. The van der Waals surface area contributed by atoms with Gasteiger partial charge in [0.15, 0.2) is 11.0 Å². The van der Waals surface area contributed by atoms with Crippen molar-refractivity contribution in [2.75, 3.05) is 25.3 Å². The second-order valence-corrected chi connectivity index (χ2v) is 9.72. The molecule has 214 valence electrons. The third kappa shape index (κ3) is 7.57. The van der Waals surface area contributed by atoms with Crippen LogP contribution in [0, 0.1) is 6.92 Å². The van der Waals surface area contributed by atoms with Gasteiger partial charge in [-0.2, -0.15) is 13.2 Å². The lowest BCUT2D eigenvalue weighted by molar-refractivity contribution is -0.137. The Morgan fingerprint density at radius 1 is 0.951 bits per heavy atom. The molecule has 0 bridgehead atoms. The van der Waals surface area contributed by atoms with Crippen molar-refractivity contribution in [2.45, 2.75) is 24.8 Å². The lowest BCUT2D eigenvalue weighted by Crippen LogP contribution is -2.25. The Morgan fingerprint density at radius 2 is 1.66 bits per heavy atom. The first-order valence-electron chi connectivity index (χ1n) is 12.2. The molecule has 4 rings (SSSR count). The Kier molecular flexibility index (Phi) is 9.17. The maximum absolute atomic E-state index is 13.5. The SMILES string of the molecule is COc1cc(OC)cc(C(=O)NCc2nnc(SCC(=O)Nc3cccc(C)c3)n2-c2cccc(C(F)(F)F)c2)c1. The molecule has 0 atom stereocenters. The van der Waals surface area contributed by atoms with E-state index in [1.165, 1.54) is 43.1 Å². The third-order valence-electron chi connectivity index (χ3n) is 5.79. The molecule has 2 amide bonds. The number of carbonyl (C=O) groups excluding carboxylic acids is 2. The predicted octanol–water partition coefficient (Wildman–Crippen LogP) is 5.27. The fraction of sp³-hybridized carbons (Fsp3) is 0.214. The number of halogens is 3. The number of rotatable bonds is 10. The summed E-state index contributed by atoms with van der Waals surface area (Å²) in [6.07, 6.45) is -4.58. The summed E-state index contributed by atoms with van der Waals surface area (Å²) in [7, 11) is 2.91. The van der Waals surface area contributed by atoms with Crippen LogP contribution in [-0.4, -0.2) is 46.6 Å². The first-order valence-corrected chi connectivity index (χ1v) is 13.2. The summed E-state index contributed by atoms with van der Waals surface area (Å²) in [5, 5.41) is 13.9. The number of nitrogens with zero attached hydrogens (tertiary/aromatic N) is 3. The number of methoxy groups -OCH3 is 2. The first-order chi connectivity index (χ1) is 19.6.